The SMILES string of the molecule is Cc1cc2n(n1)CCCN2C(=O)c1cnn(-c2ccccc2Cl)c1. The van der Waals surface area contributed by atoms with E-state index >= 15 is 0 Å². The molecule has 1 aliphatic rings. The minimum Gasteiger partial charge on any atom is -0.293 e. The van der Waals surface area contributed by atoms with E-state index < -0.39 is 0 Å². The third-order valence-electron chi connectivity index (χ3n) is 4.08. The molecule has 0 spiro atoms. The molecule has 1 amide bonds. The van der Waals surface area contributed by atoms with Crippen LogP contribution in [0.15, 0.2) is 42.7 Å². The molecular formula is C17H16ClN5O. The van der Waals surface area contributed by atoms with Crippen molar-refractivity contribution in [1.29, 1.82) is 0 Å². The van der Waals surface area contributed by atoms with Gasteiger partial charge in [-0.3, -0.25) is 9.69 Å². The maximum absolute atomic E-state index is 12.9. The van der Waals surface area contributed by atoms with E-state index in [0.29, 0.717) is 17.1 Å². The third-order valence-corrected chi connectivity index (χ3v) is 4.40. The Bertz CT molecular complexity index is 913. The summed E-state index contributed by atoms with van der Waals surface area (Å²) >= 11 is 6.20. The second kappa shape index (κ2) is 5.79. The summed E-state index contributed by atoms with van der Waals surface area (Å²) in [6, 6.07) is 9.35. The average Bonchev–Trinajstić information content (AvgIpc) is 3.20. The molecule has 0 aliphatic carbocycles. The molecule has 0 fully saturated rings. The van der Waals surface area contributed by atoms with Gasteiger partial charge in [-0.2, -0.15) is 10.2 Å². The van der Waals surface area contributed by atoms with Gasteiger partial charge in [-0.25, -0.2) is 9.36 Å². The van der Waals surface area contributed by atoms with E-state index in [1.807, 2.05) is 35.9 Å². The Hall–Kier alpha value is -2.60. The summed E-state index contributed by atoms with van der Waals surface area (Å²) in [5.41, 5.74) is 2.19. The van der Waals surface area contributed by atoms with Gasteiger partial charge < -0.3 is 0 Å². The Labute approximate surface area is 144 Å². The summed E-state index contributed by atoms with van der Waals surface area (Å²) < 4.78 is 3.51. The first-order valence-corrected chi connectivity index (χ1v) is 8.17. The van der Waals surface area contributed by atoms with Crippen LogP contribution < -0.4 is 4.90 Å². The molecule has 3 aromatic rings. The second-order valence-corrected chi connectivity index (χ2v) is 6.21. The molecule has 6 nitrogen and oxygen atoms in total. The molecule has 0 radical (unpaired) electrons. The molecule has 0 N–H and O–H groups in total. The minimum absolute atomic E-state index is 0.0749. The van der Waals surface area contributed by atoms with Crippen LogP contribution in [0.5, 0.6) is 0 Å². The molecule has 0 bridgehead atoms. The summed E-state index contributed by atoms with van der Waals surface area (Å²) in [4.78, 5) is 14.7. The Kier molecular flexibility index (Phi) is 3.61. The molecule has 0 unspecified atom stereocenters. The number of hydrogen-bond acceptors (Lipinski definition) is 3. The van der Waals surface area contributed by atoms with Crippen molar-refractivity contribution in [1.82, 2.24) is 19.6 Å². The van der Waals surface area contributed by atoms with E-state index in [4.69, 9.17) is 11.6 Å². The number of halogens is 1. The number of benzene rings is 1. The number of anilines is 1. The summed E-state index contributed by atoms with van der Waals surface area (Å²) in [6.45, 7) is 3.45. The lowest BCUT2D eigenvalue weighted by molar-refractivity contribution is 0.0981. The number of aromatic nitrogens is 4. The molecule has 0 atom stereocenters. The summed E-state index contributed by atoms with van der Waals surface area (Å²) in [5, 5.41) is 9.30. The molecule has 3 heterocycles. The van der Waals surface area contributed by atoms with Gasteiger partial charge in [0.2, 0.25) is 0 Å². The quantitative estimate of drug-likeness (QED) is 0.719. The highest BCUT2D eigenvalue weighted by Crippen LogP contribution is 2.24. The van der Waals surface area contributed by atoms with E-state index in [2.05, 4.69) is 10.2 Å². The highest BCUT2D eigenvalue weighted by molar-refractivity contribution is 6.32. The average molecular weight is 342 g/mol. The van der Waals surface area contributed by atoms with E-state index in [0.717, 1.165) is 30.2 Å². The summed E-state index contributed by atoms with van der Waals surface area (Å²) in [5.74, 6) is 0.767. The molecule has 7 heteroatoms. The van der Waals surface area contributed by atoms with Crippen LogP contribution in [-0.2, 0) is 6.54 Å². The zero-order valence-electron chi connectivity index (χ0n) is 13.2. The van der Waals surface area contributed by atoms with Crippen LogP contribution in [0.25, 0.3) is 5.69 Å². The fourth-order valence-electron chi connectivity index (χ4n) is 2.97. The van der Waals surface area contributed by atoms with Crippen LogP contribution in [0.1, 0.15) is 22.5 Å². The molecule has 122 valence electrons. The number of hydrogen-bond donors (Lipinski definition) is 0. The van der Waals surface area contributed by atoms with Crippen LogP contribution in [0.3, 0.4) is 0 Å². The lowest BCUT2D eigenvalue weighted by Gasteiger charge is -2.27. The van der Waals surface area contributed by atoms with Gasteiger partial charge in [0, 0.05) is 25.4 Å². The first kappa shape index (κ1) is 15.0. The van der Waals surface area contributed by atoms with Gasteiger partial charge in [-0.15, -0.1) is 0 Å². The number of carbonyl (C=O) groups excluding carboxylic acids is 1. The standard InChI is InChI=1S/C17H16ClN5O/c1-12-9-16-21(7-4-8-22(16)20-12)17(24)13-10-19-23(11-13)15-6-3-2-5-14(15)18/h2-3,5-6,9-11H,4,7-8H2,1H3. The van der Waals surface area contributed by atoms with Crippen molar-refractivity contribution in [3.8, 4) is 5.69 Å². The number of rotatable bonds is 2. The van der Waals surface area contributed by atoms with Crippen LogP contribution in [0, 0.1) is 6.92 Å². The molecule has 4 rings (SSSR count). The van der Waals surface area contributed by atoms with Crippen LogP contribution >= 0.6 is 11.6 Å². The molecule has 0 saturated heterocycles. The number of carbonyl (C=O) groups is 1. The first-order valence-electron chi connectivity index (χ1n) is 7.79. The predicted octanol–water partition coefficient (Wildman–Crippen LogP) is 3.08. The van der Waals surface area contributed by atoms with Crippen LogP contribution in [0.2, 0.25) is 5.02 Å². The van der Waals surface area contributed by atoms with Gasteiger partial charge in [-0.1, -0.05) is 23.7 Å². The molecular weight excluding hydrogens is 326 g/mol. The summed E-state index contributed by atoms with van der Waals surface area (Å²) in [7, 11) is 0. The van der Waals surface area contributed by atoms with Crippen molar-refractivity contribution < 1.29 is 4.79 Å². The van der Waals surface area contributed by atoms with Gasteiger partial charge in [0.1, 0.15) is 5.82 Å². The van der Waals surface area contributed by atoms with Crippen molar-refractivity contribution >= 4 is 23.3 Å². The van der Waals surface area contributed by atoms with Crippen LogP contribution in [0.4, 0.5) is 5.82 Å². The highest BCUT2D eigenvalue weighted by atomic mass is 35.5. The van der Waals surface area contributed by atoms with Gasteiger partial charge in [0.25, 0.3) is 5.91 Å². The number of amides is 1. The fourth-order valence-corrected chi connectivity index (χ4v) is 3.19. The second-order valence-electron chi connectivity index (χ2n) is 5.80. The van der Waals surface area contributed by atoms with Gasteiger partial charge in [-0.05, 0) is 25.5 Å². The molecule has 0 saturated carbocycles. The molecule has 1 aromatic carbocycles. The lowest BCUT2D eigenvalue weighted by atomic mass is 10.2. The van der Waals surface area contributed by atoms with Crippen molar-refractivity contribution in [2.24, 2.45) is 0 Å². The van der Waals surface area contributed by atoms with Gasteiger partial charge in [0.15, 0.2) is 0 Å². The topological polar surface area (TPSA) is 56.0 Å². The largest absolute Gasteiger partial charge is 0.293 e. The molecule has 1 aliphatic heterocycles. The molecule has 24 heavy (non-hydrogen) atoms. The Morgan fingerprint density at radius 1 is 1.25 bits per heavy atom. The van der Waals surface area contributed by atoms with E-state index in [-0.39, 0.29) is 5.91 Å². The zero-order chi connectivity index (χ0) is 16.7. The fraction of sp³-hybridized carbons (Fsp3) is 0.235. The molecule has 2 aromatic heterocycles. The third kappa shape index (κ3) is 2.49. The van der Waals surface area contributed by atoms with E-state index in [1.165, 1.54) is 0 Å². The maximum atomic E-state index is 12.9. The lowest BCUT2D eigenvalue weighted by Crippen LogP contribution is -2.37. The van der Waals surface area contributed by atoms with Crippen molar-refractivity contribution in [2.45, 2.75) is 19.9 Å². The first-order chi connectivity index (χ1) is 11.6. The monoisotopic (exact) mass is 341 g/mol. The Balaban J connectivity index is 1.66. The smallest absolute Gasteiger partial charge is 0.262 e. The van der Waals surface area contributed by atoms with E-state index in [9.17, 15) is 4.79 Å². The number of para-hydroxylation sites is 1. The minimum atomic E-state index is -0.0749. The predicted molar refractivity (Wildman–Crippen MR) is 91.8 cm³/mol. The van der Waals surface area contributed by atoms with Crippen molar-refractivity contribution in [2.75, 3.05) is 11.4 Å². The number of aryl methyl sites for hydroxylation is 2. The van der Waals surface area contributed by atoms with Crippen LogP contribution in [-0.4, -0.2) is 32.0 Å². The van der Waals surface area contributed by atoms with Gasteiger partial charge >= 0.3 is 0 Å². The van der Waals surface area contributed by atoms with Crippen molar-refractivity contribution in [3.05, 3.63) is 59.0 Å². The number of nitrogens with zero attached hydrogens (tertiary/aromatic N) is 5. The Morgan fingerprint density at radius 2 is 2.08 bits per heavy atom. The van der Waals surface area contributed by atoms with Crippen molar-refractivity contribution in [3.63, 3.8) is 0 Å². The Morgan fingerprint density at radius 3 is 2.92 bits per heavy atom. The highest BCUT2D eigenvalue weighted by Gasteiger charge is 2.26. The summed E-state index contributed by atoms with van der Waals surface area (Å²) in [6.07, 6.45) is 4.18. The zero-order valence-corrected chi connectivity index (χ0v) is 13.9. The number of fused-ring (bicyclic) bond motifs is 1. The normalized spacial score (nSPS) is 13.8. The maximum Gasteiger partial charge on any atom is 0.262 e. The van der Waals surface area contributed by atoms with E-state index in [1.54, 1.807) is 28.0 Å². The van der Waals surface area contributed by atoms with Gasteiger partial charge in [0.05, 0.1) is 28.2 Å².